The third-order valence-corrected chi connectivity index (χ3v) is 2.03. The van der Waals surface area contributed by atoms with Gasteiger partial charge in [-0.05, 0) is 18.9 Å². The first-order chi connectivity index (χ1) is 8.22. The molecular weight excluding hydrogens is 220 g/mol. The number of alkyl carbamates (subject to hydrolysis) is 1. The molecule has 0 bridgehead atoms. The van der Waals surface area contributed by atoms with Gasteiger partial charge >= 0.3 is 12.1 Å². The van der Waals surface area contributed by atoms with Crippen molar-refractivity contribution in [3.8, 4) is 0 Å². The lowest BCUT2D eigenvalue weighted by Crippen LogP contribution is -2.40. The Morgan fingerprint density at radius 3 is 2.59 bits per heavy atom. The lowest BCUT2D eigenvalue weighted by Gasteiger charge is -2.06. The Hall–Kier alpha value is -2.04. The molecule has 0 aromatic heterocycles. The molecule has 1 aromatic carbocycles. The summed E-state index contributed by atoms with van der Waals surface area (Å²) in [7, 11) is 0. The molecule has 5 nitrogen and oxygen atoms in total. The fourth-order valence-corrected chi connectivity index (χ4v) is 1.27. The van der Waals surface area contributed by atoms with Crippen LogP contribution < -0.4 is 10.6 Å². The Labute approximate surface area is 100 Å². The highest BCUT2D eigenvalue weighted by Crippen LogP contribution is 1.97. The van der Waals surface area contributed by atoms with Crippen molar-refractivity contribution in [2.24, 2.45) is 0 Å². The van der Waals surface area contributed by atoms with Crippen LogP contribution >= 0.6 is 0 Å². The van der Waals surface area contributed by atoms with Crippen molar-refractivity contribution in [1.82, 2.24) is 10.6 Å². The van der Waals surface area contributed by atoms with E-state index >= 15 is 0 Å². The van der Waals surface area contributed by atoms with Crippen LogP contribution in [0.4, 0.5) is 9.59 Å². The number of amides is 3. The van der Waals surface area contributed by atoms with Gasteiger partial charge in [-0.1, -0.05) is 30.3 Å². The highest BCUT2D eigenvalue weighted by atomic mass is 16.5. The van der Waals surface area contributed by atoms with Gasteiger partial charge in [0.2, 0.25) is 0 Å². The van der Waals surface area contributed by atoms with E-state index in [4.69, 9.17) is 0 Å². The van der Waals surface area contributed by atoms with Crippen LogP contribution in [0.3, 0.4) is 0 Å². The normalized spacial score (nSPS) is 9.47. The van der Waals surface area contributed by atoms with E-state index in [0.29, 0.717) is 6.54 Å². The fraction of sp³-hybridized carbons (Fsp3) is 0.333. The number of nitrogens with one attached hydrogen (secondary N) is 2. The molecule has 1 rings (SSSR count). The monoisotopic (exact) mass is 236 g/mol. The smallest absolute Gasteiger partial charge is 0.415 e. The largest absolute Gasteiger partial charge is 0.450 e. The van der Waals surface area contributed by atoms with Crippen molar-refractivity contribution < 1.29 is 14.3 Å². The number of rotatable bonds is 4. The summed E-state index contributed by atoms with van der Waals surface area (Å²) in [4.78, 5) is 22.1. The first-order valence-electron chi connectivity index (χ1n) is 5.48. The first kappa shape index (κ1) is 13.0. The molecule has 0 saturated heterocycles. The highest BCUT2D eigenvalue weighted by molar-refractivity contribution is 5.90. The Morgan fingerprint density at radius 1 is 1.24 bits per heavy atom. The molecule has 0 atom stereocenters. The zero-order chi connectivity index (χ0) is 12.5. The lowest BCUT2D eigenvalue weighted by atomic mass is 10.1. The number of imide groups is 1. The van der Waals surface area contributed by atoms with Gasteiger partial charge < -0.3 is 10.1 Å². The second-order valence-corrected chi connectivity index (χ2v) is 3.34. The zero-order valence-corrected chi connectivity index (χ0v) is 9.73. The molecule has 1 aromatic rings. The van der Waals surface area contributed by atoms with Crippen LogP contribution in [0, 0.1) is 0 Å². The predicted molar refractivity (Wildman–Crippen MR) is 63.7 cm³/mol. The van der Waals surface area contributed by atoms with Gasteiger partial charge in [0.05, 0.1) is 6.61 Å². The number of hydrogen-bond donors (Lipinski definition) is 2. The molecule has 5 heteroatoms. The molecule has 0 fully saturated rings. The molecule has 0 aliphatic rings. The predicted octanol–water partition coefficient (Wildman–Crippen LogP) is 1.68. The second kappa shape index (κ2) is 7.27. The summed E-state index contributed by atoms with van der Waals surface area (Å²) < 4.78 is 4.57. The summed E-state index contributed by atoms with van der Waals surface area (Å²) >= 11 is 0. The third-order valence-electron chi connectivity index (χ3n) is 2.03. The molecule has 0 unspecified atom stereocenters. The number of carbonyl (C=O) groups is 2. The van der Waals surface area contributed by atoms with Gasteiger partial charge in [-0.2, -0.15) is 0 Å². The van der Waals surface area contributed by atoms with E-state index in [0.717, 1.165) is 12.0 Å². The Morgan fingerprint density at radius 2 is 1.94 bits per heavy atom. The number of benzene rings is 1. The van der Waals surface area contributed by atoms with Crippen molar-refractivity contribution >= 4 is 12.1 Å². The number of ether oxygens (including phenoxy) is 1. The van der Waals surface area contributed by atoms with E-state index in [-0.39, 0.29) is 6.61 Å². The molecule has 17 heavy (non-hydrogen) atoms. The Bertz CT molecular complexity index is 365. The summed E-state index contributed by atoms with van der Waals surface area (Å²) in [5.41, 5.74) is 1.13. The number of carbonyl (C=O) groups excluding carboxylic acids is 2. The first-order valence-corrected chi connectivity index (χ1v) is 5.48. The van der Waals surface area contributed by atoms with Crippen LogP contribution in [0.2, 0.25) is 0 Å². The van der Waals surface area contributed by atoms with Crippen LogP contribution in [0.1, 0.15) is 12.5 Å². The van der Waals surface area contributed by atoms with Crippen molar-refractivity contribution in [3.63, 3.8) is 0 Å². The molecule has 0 saturated carbocycles. The topological polar surface area (TPSA) is 67.4 Å². The van der Waals surface area contributed by atoms with Gasteiger partial charge in [-0.15, -0.1) is 0 Å². The van der Waals surface area contributed by atoms with Gasteiger partial charge in [0.25, 0.3) is 0 Å². The molecule has 2 N–H and O–H groups in total. The van der Waals surface area contributed by atoms with E-state index in [9.17, 15) is 9.59 Å². The van der Waals surface area contributed by atoms with E-state index in [1.54, 1.807) is 6.92 Å². The van der Waals surface area contributed by atoms with Gasteiger partial charge in [0.1, 0.15) is 0 Å². The third kappa shape index (κ3) is 5.55. The molecule has 0 spiro atoms. The minimum Gasteiger partial charge on any atom is -0.450 e. The molecule has 92 valence electrons. The van der Waals surface area contributed by atoms with E-state index in [1.807, 2.05) is 30.3 Å². The van der Waals surface area contributed by atoms with Crippen LogP contribution in [0.5, 0.6) is 0 Å². The van der Waals surface area contributed by atoms with Crippen LogP contribution in [-0.4, -0.2) is 25.3 Å². The fourth-order valence-electron chi connectivity index (χ4n) is 1.27. The minimum absolute atomic E-state index is 0.239. The standard InChI is InChI=1S/C12H16N2O3/c1-2-17-12(16)14-11(15)13-9-8-10-6-4-3-5-7-10/h3-7H,2,8-9H2,1H3,(H2,13,14,15,16). The SMILES string of the molecule is CCOC(=O)NC(=O)NCCc1ccccc1. The van der Waals surface area contributed by atoms with Gasteiger partial charge in [0, 0.05) is 6.54 Å². The summed E-state index contributed by atoms with van der Waals surface area (Å²) in [6.07, 6.45) is -0.0124. The quantitative estimate of drug-likeness (QED) is 0.835. The van der Waals surface area contributed by atoms with Crippen LogP contribution in [0.25, 0.3) is 0 Å². The minimum atomic E-state index is -0.732. The van der Waals surface area contributed by atoms with Crippen LogP contribution in [-0.2, 0) is 11.2 Å². The average Bonchev–Trinajstić information content (AvgIpc) is 2.30. The van der Waals surface area contributed by atoms with Crippen molar-refractivity contribution in [2.75, 3.05) is 13.2 Å². The molecule has 0 aliphatic carbocycles. The van der Waals surface area contributed by atoms with Crippen LogP contribution in [0.15, 0.2) is 30.3 Å². The average molecular weight is 236 g/mol. The van der Waals surface area contributed by atoms with E-state index in [1.165, 1.54) is 0 Å². The molecular formula is C12H16N2O3. The second-order valence-electron chi connectivity index (χ2n) is 3.34. The zero-order valence-electron chi connectivity index (χ0n) is 9.73. The number of hydrogen-bond acceptors (Lipinski definition) is 3. The van der Waals surface area contributed by atoms with E-state index < -0.39 is 12.1 Å². The number of urea groups is 1. The van der Waals surface area contributed by atoms with Gasteiger partial charge in [0.15, 0.2) is 0 Å². The Balaban J connectivity index is 2.18. The maximum atomic E-state index is 11.2. The molecule has 3 amide bonds. The molecule has 0 aliphatic heterocycles. The summed E-state index contributed by atoms with van der Waals surface area (Å²) in [6, 6.07) is 9.22. The van der Waals surface area contributed by atoms with Gasteiger partial charge in [-0.25, -0.2) is 14.9 Å². The lowest BCUT2D eigenvalue weighted by molar-refractivity contribution is 0.153. The maximum absolute atomic E-state index is 11.2. The summed E-state index contributed by atoms with van der Waals surface area (Å²) in [5, 5.41) is 4.63. The molecule has 0 radical (unpaired) electrons. The van der Waals surface area contributed by atoms with Gasteiger partial charge in [-0.3, -0.25) is 0 Å². The van der Waals surface area contributed by atoms with Crippen molar-refractivity contribution in [3.05, 3.63) is 35.9 Å². The van der Waals surface area contributed by atoms with E-state index in [2.05, 4.69) is 15.4 Å². The Kier molecular flexibility index (Phi) is 5.57. The summed E-state index contributed by atoms with van der Waals surface area (Å²) in [5.74, 6) is 0. The highest BCUT2D eigenvalue weighted by Gasteiger charge is 2.06. The summed E-state index contributed by atoms with van der Waals surface area (Å²) in [6.45, 7) is 2.38. The van der Waals surface area contributed by atoms with Crippen molar-refractivity contribution in [1.29, 1.82) is 0 Å². The molecule has 0 heterocycles. The maximum Gasteiger partial charge on any atom is 0.415 e. The van der Waals surface area contributed by atoms with Crippen molar-refractivity contribution in [2.45, 2.75) is 13.3 Å².